The van der Waals surface area contributed by atoms with Gasteiger partial charge in [-0.25, -0.2) is 0 Å². The molecule has 2 unspecified atom stereocenters. The molecule has 0 saturated heterocycles. The zero-order valence-electron chi connectivity index (χ0n) is 15.4. The van der Waals surface area contributed by atoms with Gasteiger partial charge in [0.1, 0.15) is 12.2 Å². The van der Waals surface area contributed by atoms with Gasteiger partial charge < -0.3 is 15.2 Å². The number of fused-ring (bicyclic) bond motifs is 1. The van der Waals surface area contributed by atoms with Crippen LogP contribution < -0.4 is 5.32 Å². The van der Waals surface area contributed by atoms with Crippen LogP contribution in [0.25, 0.3) is 0 Å². The monoisotopic (exact) mass is 357 g/mol. The number of ether oxygens (including phenoxy) is 1. The Kier molecular flexibility index (Phi) is 6.06. The second-order valence-electron chi connectivity index (χ2n) is 7.22. The van der Waals surface area contributed by atoms with E-state index in [0.29, 0.717) is 26.1 Å². The molecule has 0 radical (unpaired) electrons. The number of nitrogens with one attached hydrogen (secondary N) is 1. The number of nitrogens with zero attached hydrogens (tertiary/aromatic N) is 2. The van der Waals surface area contributed by atoms with Crippen molar-refractivity contribution in [3.63, 3.8) is 0 Å². The third kappa shape index (κ3) is 4.71. The summed E-state index contributed by atoms with van der Waals surface area (Å²) in [6.07, 6.45) is 2.09. The minimum Gasteiger partial charge on any atom is -0.383 e. The normalized spacial score (nSPS) is 17.8. The fraction of sp³-hybridized carbons (Fsp3) is 0.500. The van der Waals surface area contributed by atoms with Crippen LogP contribution in [-0.2, 0) is 22.5 Å². The molecule has 0 spiro atoms. The molecule has 26 heavy (non-hydrogen) atoms. The number of aromatic nitrogens is 2. The van der Waals surface area contributed by atoms with Gasteiger partial charge in [0.05, 0.1) is 18.8 Å². The highest BCUT2D eigenvalue weighted by atomic mass is 16.5. The van der Waals surface area contributed by atoms with Gasteiger partial charge in [0.2, 0.25) is 5.91 Å². The molecule has 6 heteroatoms. The average Bonchev–Trinajstić information content (AvgIpc) is 3.02. The third-order valence-corrected chi connectivity index (χ3v) is 4.51. The van der Waals surface area contributed by atoms with E-state index in [0.717, 1.165) is 17.7 Å². The smallest absolute Gasteiger partial charge is 0.248 e. The average molecular weight is 357 g/mol. The van der Waals surface area contributed by atoms with Crippen LogP contribution in [0.2, 0.25) is 0 Å². The number of rotatable bonds is 7. The largest absolute Gasteiger partial charge is 0.383 e. The van der Waals surface area contributed by atoms with Crippen molar-refractivity contribution in [2.75, 3.05) is 13.2 Å². The summed E-state index contributed by atoms with van der Waals surface area (Å²) in [5, 5.41) is 17.4. The first kappa shape index (κ1) is 18.6. The number of hydrogen-bond acceptors (Lipinski definition) is 4. The predicted molar refractivity (Wildman–Crippen MR) is 98.6 cm³/mol. The first-order valence-corrected chi connectivity index (χ1v) is 9.20. The third-order valence-electron chi connectivity index (χ3n) is 4.51. The molecular formula is C20H27N3O3. The van der Waals surface area contributed by atoms with Crippen molar-refractivity contribution in [3.8, 4) is 0 Å². The van der Waals surface area contributed by atoms with Gasteiger partial charge in [0.15, 0.2) is 0 Å². The standard InChI is InChI=1S/C20H27N3O3/c1-14(2)10-17(24)20(25)21-11-18-19-16(8-9-26-18)13-23(22-19)12-15-6-4-3-5-7-15/h3-7,13-14,17-18,24H,8-12H2,1-2H3,(H,21,25). The number of amides is 1. The van der Waals surface area contributed by atoms with E-state index >= 15 is 0 Å². The summed E-state index contributed by atoms with van der Waals surface area (Å²) in [5.41, 5.74) is 3.23. The molecule has 2 heterocycles. The van der Waals surface area contributed by atoms with Gasteiger partial charge in [-0.2, -0.15) is 5.10 Å². The van der Waals surface area contributed by atoms with Crippen LogP contribution in [0.3, 0.4) is 0 Å². The van der Waals surface area contributed by atoms with Crippen molar-refractivity contribution >= 4 is 5.91 Å². The molecule has 0 fully saturated rings. The summed E-state index contributed by atoms with van der Waals surface area (Å²) in [7, 11) is 0. The van der Waals surface area contributed by atoms with E-state index in [1.807, 2.05) is 36.7 Å². The predicted octanol–water partition coefficient (Wildman–Crippen LogP) is 2.07. The van der Waals surface area contributed by atoms with Crippen LogP contribution in [0.1, 0.15) is 43.2 Å². The van der Waals surface area contributed by atoms with Crippen LogP contribution >= 0.6 is 0 Å². The maximum Gasteiger partial charge on any atom is 0.248 e. The molecule has 140 valence electrons. The minimum atomic E-state index is -0.978. The Hall–Kier alpha value is -2.18. The molecule has 2 atom stereocenters. The Morgan fingerprint density at radius 1 is 1.38 bits per heavy atom. The molecule has 6 nitrogen and oxygen atoms in total. The molecule has 1 aliphatic rings. The zero-order valence-corrected chi connectivity index (χ0v) is 15.4. The Morgan fingerprint density at radius 3 is 2.88 bits per heavy atom. The first-order valence-electron chi connectivity index (χ1n) is 9.20. The lowest BCUT2D eigenvalue weighted by Gasteiger charge is -2.23. The summed E-state index contributed by atoms with van der Waals surface area (Å²) in [5.74, 6) is -0.0832. The number of carbonyl (C=O) groups excluding carboxylic acids is 1. The molecule has 0 bridgehead atoms. The number of aliphatic hydroxyl groups excluding tert-OH is 1. The summed E-state index contributed by atoms with van der Waals surface area (Å²) in [6.45, 7) is 5.60. The highest BCUT2D eigenvalue weighted by Gasteiger charge is 2.26. The molecule has 0 saturated carbocycles. The molecule has 1 aliphatic heterocycles. The van der Waals surface area contributed by atoms with Gasteiger partial charge in [-0.05, 0) is 29.9 Å². The van der Waals surface area contributed by atoms with Crippen molar-refractivity contribution in [2.24, 2.45) is 5.92 Å². The van der Waals surface area contributed by atoms with Crippen LogP contribution in [0.5, 0.6) is 0 Å². The summed E-state index contributed by atoms with van der Waals surface area (Å²) < 4.78 is 7.73. The van der Waals surface area contributed by atoms with Crippen LogP contribution in [0, 0.1) is 5.92 Å². The van der Waals surface area contributed by atoms with Crippen molar-refractivity contribution in [1.82, 2.24) is 15.1 Å². The maximum absolute atomic E-state index is 12.0. The molecule has 0 aliphatic carbocycles. The molecule has 1 aromatic heterocycles. The fourth-order valence-electron chi connectivity index (χ4n) is 3.20. The highest BCUT2D eigenvalue weighted by molar-refractivity contribution is 5.80. The number of benzene rings is 1. The Bertz CT molecular complexity index is 727. The van der Waals surface area contributed by atoms with E-state index in [2.05, 4.69) is 28.7 Å². The molecule has 3 rings (SSSR count). The molecular weight excluding hydrogens is 330 g/mol. The van der Waals surface area contributed by atoms with E-state index in [-0.39, 0.29) is 17.9 Å². The molecule has 2 aromatic rings. The van der Waals surface area contributed by atoms with Crippen molar-refractivity contribution in [2.45, 2.75) is 45.4 Å². The van der Waals surface area contributed by atoms with Crippen molar-refractivity contribution in [3.05, 3.63) is 53.3 Å². The lowest BCUT2D eigenvalue weighted by atomic mass is 10.0. The van der Waals surface area contributed by atoms with Crippen LogP contribution in [0.4, 0.5) is 0 Å². The van der Waals surface area contributed by atoms with Crippen molar-refractivity contribution < 1.29 is 14.6 Å². The first-order chi connectivity index (χ1) is 12.5. The second-order valence-corrected chi connectivity index (χ2v) is 7.22. The Labute approximate surface area is 154 Å². The minimum absolute atomic E-state index is 0.266. The topological polar surface area (TPSA) is 76.4 Å². The maximum atomic E-state index is 12.0. The summed E-state index contributed by atoms with van der Waals surface area (Å²) in [4.78, 5) is 12.0. The van der Waals surface area contributed by atoms with E-state index < -0.39 is 6.10 Å². The van der Waals surface area contributed by atoms with Crippen LogP contribution in [-0.4, -0.2) is 40.0 Å². The quantitative estimate of drug-likeness (QED) is 0.795. The summed E-state index contributed by atoms with van der Waals surface area (Å²) >= 11 is 0. The zero-order chi connectivity index (χ0) is 18.5. The molecule has 1 amide bonds. The Balaban J connectivity index is 1.62. The highest BCUT2D eigenvalue weighted by Crippen LogP contribution is 2.25. The van der Waals surface area contributed by atoms with Crippen LogP contribution in [0.15, 0.2) is 36.5 Å². The van der Waals surface area contributed by atoms with E-state index in [9.17, 15) is 9.90 Å². The number of hydrogen-bond donors (Lipinski definition) is 2. The number of aliphatic hydroxyl groups is 1. The fourth-order valence-corrected chi connectivity index (χ4v) is 3.20. The SMILES string of the molecule is CC(C)CC(O)C(=O)NCC1OCCc2cn(Cc3ccccc3)nc21. The van der Waals surface area contributed by atoms with Gasteiger partial charge >= 0.3 is 0 Å². The van der Waals surface area contributed by atoms with E-state index in [1.165, 1.54) is 5.56 Å². The van der Waals surface area contributed by atoms with E-state index in [1.54, 1.807) is 0 Å². The van der Waals surface area contributed by atoms with E-state index in [4.69, 9.17) is 4.74 Å². The lowest BCUT2D eigenvalue weighted by molar-refractivity contribution is -0.130. The van der Waals surface area contributed by atoms with Gasteiger partial charge in [-0.1, -0.05) is 44.2 Å². The van der Waals surface area contributed by atoms with Gasteiger partial charge in [-0.15, -0.1) is 0 Å². The lowest BCUT2D eigenvalue weighted by Crippen LogP contribution is -2.39. The number of carbonyl (C=O) groups is 1. The van der Waals surface area contributed by atoms with Gasteiger partial charge in [-0.3, -0.25) is 9.48 Å². The van der Waals surface area contributed by atoms with Gasteiger partial charge in [0.25, 0.3) is 0 Å². The van der Waals surface area contributed by atoms with Crippen molar-refractivity contribution in [1.29, 1.82) is 0 Å². The molecule has 2 N–H and O–H groups in total. The summed E-state index contributed by atoms with van der Waals surface area (Å²) in [6, 6.07) is 10.2. The second kappa shape index (κ2) is 8.47. The van der Waals surface area contributed by atoms with Gasteiger partial charge in [0, 0.05) is 12.7 Å². The Morgan fingerprint density at radius 2 is 2.15 bits per heavy atom. The molecule has 1 aromatic carbocycles.